The van der Waals surface area contributed by atoms with E-state index in [4.69, 9.17) is 14.2 Å². The van der Waals surface area contributed by atoms with Crippen LogP contribution in [-0.4, -0.2) is 40.3 Å². The van der Waals surface area contributed by atoms with Crippen LogP contribution in [0, 0.1) is 0 Å². The van der Waals surface area contributed by atoms with Gasteiger partial charge in [-0.15, -0.1) is 11.3 Å². The molecule has 1 amide bonds. The average Bonchev–Trinajstić information content (AvgIpc) is 3.15. The fourth-order valence-electron chi connectivity index (χ4n) is 2.29. The Morgan fingerprint density at radius 3 is 2.46 bits per heavy atom. The Bertz CT molecular complexity index is 659. The zero-order chi connectivity index (χ0) is 17.4. The van der Waals surface area contributed by atoms with E-state index in [0.717, 1.165) is 29.3 Å². The molecule has 0 radical (unpaired) electrons. The molecule has 0 spiro atoms. The molecule has 0 atom stereocenters. The minimum absolute atomic E-state index is 0.0258. The van der Waals surface area contributed by atoms with Crippen molar-refractivity contribution in [2.24, 2.45) is 0 Å². The molecule has 1 aromatic carbocycles. The summed E-state index contributed by atoms with van der Waals surface area (Å²) in [5, 5.41) is 6.91. The summed E-state index contributed by atoms with van der Waals surface area (Å²) in [5.74, 6) is 2.04. The third-order valence-electron chi connectivity index (χ3n) is 3.53. The number of nitrogens with two attached hydrogens (primary N) is 1. The van der Waals surface area contributed by atoms with E-state index in [9.17, 15) is 4.79 Å². The topological polar surface area (TPSA) is 73.4 Å². The summed E-state index contributed by atoms with van der Waals surface area (Å²) in [7, 11) is 4.84. The number of hydrogen-bond donors (Lipinski definition) is 2. The first-order valence-corrected chi connectivity index (χ1v) is 8.49. The Hall–Kier alpha value is -2.25. The molecule has 0 saturated heterocycles. The van der Waals surface area contributed by atoms with Gasteiger partial charge in [0.1, 0.15) is 12.3 Å². The molecular weight excluding hydrogens is 328 g/mol. The van der Waals surface area contributed by atoms with E-state index in [1.807, 2.05) is 29.6 Å². The van der Waals surface area contributed by atoms with Gasteiger partial charge in [-0.3, -0.25) is 4.79 Å². The van der Waals surface area contributed by atoms with E-state index >= 15 is 0 Å². The molecule has 130 valence electrons. The predicted octanol–water partition coefficient (Wildman–Crippen LogP) is 1.27. The first kappa shape index (κ1) is 18.1. The molecule has 0 saturated carbocycles. The van der Waals surface area contributed by atoms with E-state index in [0.29, 0.717) is 18.0 Å². The van der Waals surface area contributed by atoms with Crippen molar-refractivity contribution in [1.82, 2.24) is 5.32 Å². The number of methoxy groups -OCH3 is 3. The zero-order valence-electron chi connectivity index (χ0n) is 14.1. The van der Waals surface area contributed by atoms with Gasteiger partial charge in [-0.25, -0.2) is 0 Å². The summed E-state index contributed by atoms with van der Waals surface area (Å²) in [5.41, 5.74) is 1.01. The normalized spacial score (nSPS) is 10.3. The van der Waals surface area contributed by atoms with Crippen molar-refractivity contribution < 1.29 is 24.3 Å². The second kappa shape index (κ2) is 9.14. The molecule has 0 aliphatic rings. The van der Waals surface area contributed by atoms with Crippen LogP contribution in [0.1, 0.15) is 15.2 Å². The highest BCUT2D eigenvalue weighted by molar-refractivity contribution is 7.12. The maximum absolute atomic E-state index is 11.8. The predicted molar refractivity (Wildman–Crippen MR) is 93.2 cm³/mol. The molecule has 2 aromatic rings. The molecule has 2 rings (SSSR count). The van der Waals surface area contributed by atoms with Gasteiger partial charge in [0.15, 0.2) is 11.5 Å². The van der Waals surface area contributed by atoms with Gasteiger partial charge in [0.05, 0.1) is 44.9 Å². The highest BCUT2D eigenvalue weighted by Gasteiger charge is 2.13. The van der Waals surface area contributed by atoms with Crippen LogP contribution in [0.5, 0.6) is 17.2 Å². The molecule has 7 heteroatoms. The van der Waals surface area contributed by atoms with Gasteiger partial charge < -0.3 is 24.8 Å². The number of nitrogens with one attached hydrogen (secondary N) is 1. The average molecular weight is 351 g/mol. The lowest BCUT2D eigenvalue weighted by Gasteiger charge is -2.13. The van der Waals surface area contributed by atoms with Gasteiger partial charge in [0.25, 0.3) is 5.91 Å². The van der Waals surface area contributed by atoms with E-state index in [-0.39, 0.29) is 5.91 Å². The molecule has 3 N–H and O–H groups in total. The van der Waals surface area contributed by atoms with Crippen LogP contribution in [-0.2, 0) is 6.54 Å². The largest absolute Gasteiger partial charge is 0.496 e. The lowest BCUT2D eigenvalue weighted by molar-refractivity contribution is -0.668. The molecule has 0 aliphatic carbocycles. The lowest BCUT2D eigenvalue weighted by atomic mass is 10.1. The van der Waals surface area contributed by atoms with Crippen molar-refractivity contribution in [3.8, 4) is 17.2 Å². The van der Waals surface area contributed by atoms with Crippen molar-refractivity contribution in [3.63, 3.8) is 0 Å². The molecule has 0 fully saturated rings. The standard InChI is InChI=1S/C17H22N2O4S/c1-21-13-10-15(23-3)14(22-2)9-12(13)11-18-6-7-19-17(20)16-5-4-8-24-16/h4-5,8-10,18H,6-7,11H2,1-3H3,(H,19,20)/p+1. The SMILES string of the molecule is COc1cc(OC)c(OC)cc1C[NH2+]CCNC(=O)c1cccs1. The number of rotatable bonds is 9. The summed E-state index contributed by atoms with van der Waals surface area (Å²) in [6.45, 7) is 2.10. The van der Waals surface area contributed by atoms with Crippen LogP contribution in [0.3, 0.4) is 0 Å². The number of thiophene rings is 1. The van der Waals surface area contributed by atoms with Crippen LogP contribution in [0.2, 0.25) is 0 Å². The Balaban J connectivity index is 1.84. The quantitative estimate of drug-likeness (QED) is 0.667. The molecule has 1 aromatic heterocycles. The van der Waals surface area contributed by atoms with E-state index < -0.39 is 0 Å². The van der Waals surface area contributed by atoms with Crippen LogP contribution in [0.4, 0.5) is 0 Å². The van der Waals surface area contributed by atoms with Crippen molar-refractivity contribution >= 4 is 17.2 Å². The summed E-state index contributed by atoms with van der Waals surface area (Å²) < 4.78 is 16.0. The smallest absolute Gasteiger partial charge is 0.261 e. The van der Waals surface area contributed by atoms with Crippen molar-refractivity contribution in [3.05, 3.63) is 40.1 Å². The third-order valence-corrected chi connectivity index (χ3v) is 4.40. The maximum Gasteiger partial charge on any atom is 0.261 e. The first-order chi connectivity index (χ1) is 11.7. The van der Waals surface area contributed by atoms with E-state index in [2.05, 4.69) is 10.6 Å². The van der Waals surface area contributed by atoms with Crippen LogP contribution < -0.4 is 24.8 Å². The summed E-state index contributed by atoms with van der Waals surface area (Å²) in [6, 6.07) is 7.42. The minimum atomic E-state index is -0.0258. The molecule has 0 unspecified atom stereocenters. The Morgan fingerprint density at radius 1 is 1.12 bits per heavy atom. The Labute approximate surface area is 145 Å². The van der Waals surface area contributed by atoms with Crippen LogP contribution in [0.25, 0.3) is 0 Å². The number of carbonyl (C=O) groups excluding carboxylic acids is 1. The summed E-state index contributed by atoms with van der Waals surface area (Å²) >= 11 is 1.44. The minimum Gasteiger partial charge on any atom is -0.496 e. The molecule has 0 bridgehead atoms. The number of ether oxygens (including phenoxy) is 3. The van der Waals surface area contributed by atoms with Crippen molar-refractivity contribution in [2.45, 2.75) is 6.54 Å². The van der Waals surface area contributed by atoms with E-state index in [1.54, 1.807) is 21.3 Å². The Morgan fingerprint density at radius 2 is 1.83 bits per heavy atom. The second-order valence-corrected chi connectivity index (χ2v) is 5.98. The number of benzene rings is 1. The monoisotopic (exact) mass is 351 g/mol. The first-order valence-electron chi connectivity index (χ1n) is 7.61. The summed E-state index contributed by atoms with van der Waals surface area (Å²) in [6.07, 6.45) is 0. The third kappa shape index (κ3) is 4.62. The Kier molecular flexibility index (Phi) is 6.89. The van der Waals surface area contributed by atoms with Gasteiger partial charge in [-0.2, -0.15) is 0 Å². The van der Waals surface area contributed by atoms with Crippen LogP contribution >= 0.6 is 11.3 Å². The van der Waals surface area contributed by atoms with Gasteiger partial charge in [0.2, 0.25) is 0 Å². The number of hydrogen-bond acceptors (Lipinski definition) is 5. The van der Waals surface area contributed by atoms with Crippen molar-refractivity contribution in [2.75, 3.05) is 34.4 Å². The van der Waals surface area contributed by atoms with Gasteiger partial charge in [-0.05, 0) is 17.5 Å². The fraction of sp³-hybridized carbons (Fsp3) is 0.353. The van der Waals surface area contributed by atoms with Gasteiger partial charge >= 0.3 is 0 Å². The van der Waals surface area contributed by atoms with E-state index in [1.165, 1.54) is 11.3 Å². The maximum atomic E-state index is 11.8. The lowest BCUT2D eigenvalue weighted by Crippen LogP contribution is -2.84. The number of amides is 1. The van der Waals surface area contributed by atoms with Gasteiger partial charge in [-0.1, -0.05) is 6.07 Å². The van der Waals surface area contributed by atoms with Crippen molar-refractivity contribution in [1.29, 1.82) is 0 Å². The van der Waals surface area contributed by atoms with Gasteiger partial charge in [0, 0.05) is 6.07 Å². The number of carbonyl (C=O) groups is 1. The molecule has 6 nitrogen and oxygen atoms in total. The molecule has 1 heterocycles. The highest BCUT2D eigenvalue weighted by atomic mass is 32.1. The fourth-order valence-corrected chi connectivity index (χ4v) is 2.93. The van der Waals surface area contributed by atoms with Crippen LogP contribution in [0.15, 0.2) is 29.6 Å². The molecule has 24 heavy (non-hydrogen) atoms. The highest BCUT2D eigenvalue weighted by Crippen LogP contribution is 2.34. The molecule has 0 aliphatic heterocycles. The summed E-state index contributed by atoms with van der Waals surface area (Å²) in [4.78, 5) is 12.6. The number of quaternary nitrogens is 1. The zero-order valence-corrected chi connectivity index (χ0v) is 14.9. The second-order valence-electron chi connectivity index (χ2n) is 5.03. The molecular formula is C17H23N2O4S+.